The molecule has 0 saturated carbocycles. The van der Waals surface area contributed by atoms with E-state index in [2.05, 4.69) is 13.8 Å². The largest absolute Gasteiger partial charge is 0.481 e. The molecular weight excluding hydrogens is 172 g/mol. The van der Waals surface area contributed by atoms with Crippen LogP contribution in [-0.2, 0) is 4.79 Å². The molecule has 1 fully saturated rings. The maximum atomic E-state index is 10.5. The van der Waals surface area contributed by atoms with Gasteiger partial charge in [0.15, 0.2) is 0 Å². The lowest BCUT2D eigenvalue weighted by Crippen LogP contribution is -2.31. The first kappa shape index (κ1) is 9.90. The first-order valence-electron chi connectivity index (χ1n) is 4.44. The summed E-state index contributed by atoms with van der Waals surface area (Å²) in [5, 5.41) is 9.30. The lowest BCUT2D eigenvalue weighted by atomic mass is 9.87. The Balaban J connectivity index is 2.42. The first-order valence-corrected chi connectivity index (χ1v) is 5.49. The summed E-state index contributed by atoms with van der Waals surface area (Å²) in [6, 6.07) is 0. The zero-order valence-electron chi connectivity index (χ0n) is 7.62. The van der Waals surface area contributed by atoms with Crippen molar-refractivity contribution in [3.63, 3.8) is 0 Å². The molecule has 0 radical (unpaired) electrons. The third kappa shape index (κ3) is 2.41. The summed E-state index contributed by atoms with van der Waals surface area (Å²) < 4.78 is 0. The molecule has 3 heteroatoms. The van der Waals surface area contributed by atoms with E-state index >= 15 is 0 Å². The van der Waals surface area contributed by atoms with Gasteiger partial charge in [-0.1, -0.05) is 13.8 Å². The Morgan fingerprint density at radius 2 is 2.25 bits per heavy atom. The zero-order valence-corrected chi connectivity index (χ0v) is 8.43. The average molecular weight is 188 g/mol. The highest BCUT2D eigenvalue weighted by atomic mass is 32.2. The SMILES string of the molecule is CC(C)C(CC(=O)O)C1CCS1. The molecule has 2 unspecified atom stereocenters. The highest BCUT2D eigenvalue weighted by molar-refractivity contribution is 8.01. The highest BCUT2D eigenvalue weighted by Crippen LogP contribution is 2.38. The minimum atomic E-state index is -0.652. The molecule has 0 spiro atoms. The summed E-state index contributed by atoms with van der Waals surface area (Å²) in [7, 11) is 0. The monoisotopic (exact) mass is 188 g/mol. The van der Waals surface area contributed by atoms with E-state index < -0.39 is 5.97 Å². The third-order valence-electron chi connectivity index (χ3n) is 2.48. The minimum Gasteiger partial charge on any atom is -0.481 e. The molecule has 2 atom stereocenters. The van der Waals surface area contributed by atoms with Crippen molar-refractivity contribution < 1.29 is 9.90 Å². The van der Waals surface area contributed by atoms with Gasteiger partial charge in [0.2, 0.25) is 0 Å². The summed E-state index contributed by atoms with van der Waals surface area (Å²) in [5.74, 6) is 1.44. The summed E-state index contributed by atoms with van der Waals surface area (Å²) in [6.07, 6.45) is 1.55. The Morgan fingerprint density at radius 3 is 2.50 bits per heavy atom. The molecule has 12 heavy (non-hydrogen) atoms. The van der Waals surface area contributed by atoms with Crippen LogP contribution >= 0.6 is 11.8 Å². The van der Waals surface area contributed by atoms with Crippen molar-refractivity contribution >= 4 is 17.7 Å². The fraction of sp³-hybridized carbons (Fsp3) is 0.889. The Kier molecular flexibility index (Phi) is 3.44. The van der Waals surface area contributed by atoms with Crippen molar-refractivity contribution in [2.45, 2.75) is 31.9 Å². The lowest BCUT2D eigenvalue weighted by molar-refractivity contribution is -0.138. The molecule has 1 aliphatic heterocycles. The number of aliphatic carboxylic acids is 1. The molecule has 2 nitrogen and oxygen atoms in total. The summed E-state index contributed by atoms with van der Waals surface area (Å²) in [6.45, 7) is 4.24. The predicted molar refractivity (Wildman–Crippen MR) is 51.4 cm³/mol. The van der Waals surface area contributed by atoms with Gasteiger partial charge in [0.1, 0.15) is 0 Å². The van der Waals surface area contributed by atoms with Crippen molar-refractivity contribution in [2.24, 2.45) is 11.8 Å². The van der Waals surface area contributed by atoms with Gasteiger partial charge in [-0.3, -0.25) is 4.79 Å². The van der Waals surface area contributed by atoms with E-state index in [-0.39, 0.29) is 0 Å². The second-order valence-electron chi connectivity index (χ2n) is 3.70. The molecular formula is C9H16O2S. The molecule has 1 saturated heterocycles. The van der Waals surface area contributed by atoms with Crippen LogP contribution in [0.25, 0.3) is 0 Å². The zero-order chi connectivity index (χ0) is 9.14. The maximum Gasteiger partial charge on any atom is 0.303 e. The van der Waals surface area contributed by atoms with Gasteiger partial charge in [-0.25, -0.2) is 0 Å². The van der Waals surface area contributed by atoms with Gasteiger partial charge in [0, 0.05) is 11.7 Å². The fourth-order valence-corrected chi connectivity index (χ4v) is 2.76. The van der Waals surface area contributed by atoms with Gasteiger partial charge in [-0.15, -0.1) is 0 Å². The Bertz CT molecular complexity index is 164. The lowest BCUT2D eigenvalue weighted by Gasteiger charge is -2.34. The van der Waals surface area contributed by atoms with Gasteiger partial charge in [-0.2, -0.15) is 11.8 Å². The van der Waals surface area contributed by atoms with Crippen molar-refractivity contribution in [3.8, 4) is 0 Å². The van der Waals surface area contributed by atoms with Crippen LogP contribution in [0.15, 0.2) is 0 Å². The number of carboxylic acid groups (broad SMARTS) is 1. The molecule has 0 aromatic carbocycles. The van der Waals surface area contributed by atoms with Gasteiger partial charge in [0.25, 0.3) is 0 Å². The number of rotatable bonds is 4. The Morgan fingerprint density at radius 1 is 1.67 bits per heavy atom. The number of hydrogen-bond donors (Lipinski definition) is 1. The van der Waals surface area contributed by atoms with Gasteiger partial charge >= 0.3 is 5.97 Å². The second-order valence-corrected chi connectivity index (χ2v) is 5.05. The molecule has 0 amide bonds. The quantitative estimate of drug-likeness (QED) is 0.735. The average Bonchev–Trinajstić information content (AvgIpc) is 1.80. The summed E-state index contributed by atoms with van der Waals surface area (Å²) in [4.78, 5) is 10.5. The molecule has 1 aliphatic rings. The number of carbonyl (C=O) groups is 1. The summed E-state index contributed by atoms with van der Waals surface area (Å²) >= 11 is 1.92. The normalized spacial score (nSPS) is 25.1. The van der Waals surface area contributed by atoms with E-state index in [1.807, 2.05) is 11.8 Å². The van der Waals surface area contributed by atoms with Gasteiger partial charge in [-0.05, 0) is 24.0 Å². The van der Waals surface area contributed by atoms with Crippen molar-refractivity contribution in [2.75, 3.05) is 5.75 Å². The van der Waals surface area contributed by atoms with Gasteiger partial charge < -0.3 is 5.11 Å². The highest BCUT2D eigenvalue weighted by Gasteiger charge is 2.31. The van der Waals surface area contributed by atoms with Crippen LogP contribution in [0, 0.1) is 11.8 Å². The van der Waals surface area contributed by atoms with Crippen LogP contribution < -0.4 is 0 Å². The van der Waals surface area contributed by atoms with Crippen molar-refractivity contribution in [3.05, 3.63) is 0 Å². The topological polar surface area (TPSA) is 37.3 Å². The Labute approximate surface area is 77.7 Å². The van der Waals surface area contributed by atoms with E-state index in [9.17, 15) is 4.79 Å². The summed E-state index contributed by atoms with van der Waals surface area (Å²) in [5.41, 5.74) is 0. The van der Waals surface area contributed by atoms with E-state index in [4.69, 9.17) is 5.11 Å². The first-order chi connectivity index (χ1) is 5.61. The molecule has 0 aromatic heterocycles. The van der Waals surface area contributed by atoms with Crippen molar-refractivity contribution in [1.82, 2.24) is 0 Å². The van der Waals surface area contributed by atoms with E-state index in [1.165, 1.54) is 12.2 Å². The van der Waals surface area contributed by atoms with E-state index in [0.717, 1.165) is 0 Å². The van der Waals surface area contributed by atoms with E-state index in [1.54, 1.807) is 0 Å². The molecule has 1 N–H and O–H groups in total. The maximum absolute atomic E-state index is 10.5. The van der Waals surface area contributed by atoms with Crippen LogP contribution in [0.1, 0.15) is 26.7 Å². The molecule has 0 aliphatic carbocycles. The molecule has 70 valence electrons. The van der Waals surface area contributed by atoms with Crippen LogP contribution in [0.4, 0.5) is 0 Å². The minimum absolute atomic E-state index is 0.343. The number of carboxylic acids is 1. The van der Waals surface area contributed by atoms with Crippen molar-refractivity contribution in [1.29, 1.82) is 0 Å². The fourth-order valence-electron chi connectivity index (χ4n) is 1.59. The second kappa shape index (κ2) is 4.17. The van der Waals surface area contributed by atoms with Crippen LogP contribution in [0.2, 0.25) is 0 Å². The smallest absolute Gasteiger partial charge is 0.303 e. The van der Waals surface area contributed by atoms with Crippen LogP contribution in [0.3, 0.4) is 0 Å². The molecule has 0 aromatic rings. The Hall–Kier alpha value is -0.180. The van der Waals surface area contributed by atoms with Crippen LogP contribution in [-0.4, -0.2) is 22.1 Å². The number of thioether (sulfide) groups is 1. The molecule has 1 rings (SSSR count). The molecule has 0 bridgehead atoms. The third-order valence-corrected chi connectivity index (χ3v) is 3.96. The van der Waals surface area contributed by atoms with Gasteiger partial charge in [0.05, 0.1) is 0 Å². The number of hydrogen-bond acceptors (Lipinski definition) is 2. The predicted octanol–water partition coefficient (Wildman–Crippen LogP) is 2.24. The molecule has 1 heterocycles. The standard InChI is InChI=1S/C9H16O2S/c1-6(2)7(5-9(10)11)8-3-4-12-8/h6-8H,3-5H2,1-2H3,(H,10,11). The van der Waals surface area contributed by atoms with E-state index in [0.29, 0.717) is 23.5 Å². The van der Waals surface area contributed by atoms with Crippen LogP contribution in [0.5, 0.6) is 0 Å².